The Morgan fingerprint density at radius 3 is 2.68 bits per heavy atom. The van der Waals surface area contributed by atoms with Crippen molar-refractivity contribution in [2.75, 3.05) is 0 Å². The Labute approximate surface area is 162 Å². The molecule has 144 valence electrons. The number of hydrogen-bond donors (Lipinski definition) is 1. The Hall–Kier alpha value is -2.89. The third kappa shape index (κ3) is 3.59. The highest BCUT2D eigenvalue weighted by atomic mass is 19.3. The van der Waals surface area contributed by atoms with Crippen LogP contribution >= 0.6 is 0 Å². The molecule has 1 aliphatic rings. The third-order valence-electron chi connectivity index (χ3n) is 5.22. The Morgan fingerprint density at radius 1 is 1.18 bits per heavy atom. The lowest BCUT2D eigenvalue weighted by atomic mass is 9.94. The van der Waals surface area contributed by atoms with Crippen molar-refractivity contribution in [3.63, 3.8) is 0 Å². The van der Waals surface area contributed by atoms with Crippen LogP contribution in [-0.2, 0) is 0 Å². The molecule has 1 amide bonds. The standard InChI is InChI=1S/C22H21F2N3O/c1-12-3-4-15(22(28)26-17-6-7-17)10-19(12)14-5-8-18-16(9-14)11-25-27-20(18)13(2)21(23)24/h3-5,8-11,13,17,21H,6-7H2,1-2H3,(H,26,28). The van der Waals surface area contributed by atoms with Crippen molar-refractivity contribution in [3.8, 4) is 11.1 Å². The molecule has 0 radical (unpaired) electrons. The molecule has 6 heteroatoms. The Kier molecular flexibility index (Phi) is 4.79. The summed E-state index contributed by atoms with van der Waals surface area (Å²) in [7, 11) is 0. The Morgan fingerprint density at radius 2 is 1.96 bits per heavy atom. The average molecular weight is 381 g/mol. The van der Waals surface area contributed by atoms with E-state index in [1.165, 1.54) is 6.92 Å². The van der Waals surface area contributed by atoms with E-state index in [0.29, 0.717) is 22.7 Å². The molecule has 1 atom stereocenters. The van der Waals surface area contributed by atoms with Crippen LogP contribution in [0.25, 0.3) is 21.9 Å². The summed E-state index contributed by atoms with van der Waals surface area (Å²) in [6, 6.07) is 11.5. The summed E-state index contributed by atoms with van der Waals surface area (Å²) in [6.07, 6.45) is 1.16. The molecule has 0 spiro atoms. The quantitative estimate of drug-likeness (QED) is 0.686. The summed E-state index contributed by atoms with van der Waals surface area (Å²) in [6.45, 7) is 3.44. The smallest absolute Gasteiger partial charge is 0.251 e. The molecular formula is C22H21F2N3O. The minimum Gasteiger partial charge on any atom is -0.349 e. The van der Waals surface area contributed by atoms with Crippen LogP contribution < -0.4 is 5.32 Å². The van der Waals surface area contributed by atoms with E-state index < -0.39 is 12.3 Å². The summed E-state index contributed by atoms with van der Waals surface area (Å²) >= 11 is 0. The van der Waals surface area contributed by atoms with Crippen LogP contribution in [0.5, 0.6) is 0 Å². The van der Waals surface area contributed by atoms with E-state index in [2.05, 4.69) is 15.5 Å². The maximum absolute atomic E-state index is 13.1. The van der Waals surface area contributed by atoms with Gasteiger partial charge in [-0.2, -0.15) is 10.2 Å². The number of nitrogens with zero attached hydrogens (tertiary/aromatic N) is 2. The molecular weight excluding hydrogens is 360 g/mol. The zero-order valence-electron chi connectivity index (χ0n) is 15.7. The topological polar surface area (TPSA) is 54.9 Å². The molecule has 1 heterocycles. The number of carbonyl (C=O) groups is 1. The fourth-order valence-corrected chi connectivity index (χ4v) is 3.30. The van der Waals surface area contributed by atoms with Gasteiger partial charge in [0.05, 0.1) is 17.8 Å². The van der Waals surface area contributed by atoms with Crippen LogP contribution in [0.4, 0.5) is 8.78 Å². The summed E-state index contributed by atoms with van der Waals surface area (Å²) in [5.74, 6) is -1.05. The zero-order chi connectivity index (χ0) is 19.8. The van der Waals surface area contributed by atoms with E-state index in [4.69, 9.17) is 0 Å². The lowest BCUT2D eigenvalue weighted by Crippen LogP contribution is -2.25. The van der Waals surface area contributed by atoms with Crippen molar-refractivity contribution in [2.45, 2.75) is 45.1 Å². The lowest BCUT2D eigenvalue weighted by Gasteiger charge is -2.14. The second-order valence-corrected chi connectivity index (χ2v) is 7.43. The predicted octanol–water partition coefficient (Wildman–Crippen LogP) is 4.87. The molecule has 1 unspecified atom stereocenters. The van der Waals surface area contributed by atoms with Crippen LogP contribution in [0.3, 0.4) is 0 Å². The van der Waals surface area contributed by atoms with E-state index in [1.807, 2.05) is 43.3 Å². The molecule has 1 N–H and O–H groups in total. The van der Waals surface area contributed by atoms with Gasteiger partial charge in [-0.05, 0) is 54.7 Å². The van der Waals surface area contributed by atoms with Crippen molar-refractivity contribution < 1.29 is 13.6 Å². The number of fused-ring (bicyclic) bond motifs is 1. The van der Waals surface area contributed by atoms with E-state index in [9.17, 15) is 13.6 Å². The predicted molar refractivity (Wildman–Crippen MR) is 105 cm³/mol. The number of benzene rings is 2. The van der Waals surface area contributed by atoms with Gasteiger partial charge >= 0.3 is 0 Å². The molecule has 0 saturated heterocycles. The number of alkyl halides is 2. The highest BCUT2D eigenvalue weighted by Gasteiger charge is 2.24. The molecule has 0 aliphatic heterocycles. The number of aryl methyl sites for hydroxylation is 1. The van der Waals surface area contributed by atoms with Gasteiger partial charge in [0.2, 0.25) is 6.43 Å². The molecule has 0 bridgehead atoms. The number of nitrogens with one attached hydrogen (secondary N) is 1. The summed E-state index contributed by atoms with van der Waals surface area (Å²) < 4.78 is 26.3. The first-order valence-electron chi connectivity index (χ1n) is 9.39. The van der Waals surface area contributed by atoms with Gasteiger partial charge in [0.25, 0.3) is 5.91 Å². The van der Waals surface area contributed by atoms with Gasteiger partial charge in [-0.1, -0.05) is 25.1 Å². The SMILES string of the molecule is Cc1ccc(C(=O)NC2CC2)cc1-c1ccc2c(C(C)C(F)F)nncc2c1. The van der Waals surface area contributed by atoms with Gasteiger partial charge in [0, 0.05) is 22.4 Å². The monoisotopic (exact) mass is 381 g/mol. The fourth-order valence-electron chi connectivity index (χ4n) is 3.30. The largest absolute Gasteiger partial charge is 0.349 e. The van der Waals surface area contributed by atoms with Gasteiger partial charge in [-0.25, -0.2) is 8.78 Å². The maximum atomic E-state index is 13.1. The van der Waals surface area contributed by atoms with Crippen LogP contribution in [0.1, 0.15) is 47.3 Å². The highest BCUT2D eigenvalue weighted by molar-refractivity contribution is 5.97. The van der Waals surface area contributed by atoms with E-state index >= 15 is 0 Å². The molecule has 1 fully saturated rings. The number of amides is 1. The van der Waals surface area contributed by atoms with Crippen LogP contribution in [0.2, 0.25) is 0 Å². The molecule has 1 aliphatic carbocycles. The van der Waals surface area contributed by atoms with Crippen molar-refractivity contribution in [2.24, 2.45) is 0 Å². The average Bonchev–Trinajstić information content (AvgIpc) is 3.50. The maximum Gasteiger partial charge on any atom is 0.251 e. The molecule has 28 heavy (non-hydrogen) atoms. The van der Waals surface area contributed by atoms with Crippen molar-refractivity contribution >= 4 is 16.7 Å². The van der Waals surface area contributed by atoms with Gasteiger partial charge in [-0.3, -0.25) is 4.79 Å². The second-order valence-electron chi connectivity index (χ2n) is 7.43. The van der Waals surface area contributed by atoms with Crippen LogP contribution in [0, 0.1) is 6.92 Å². The first-order chi connectivity index (χ1) is 13.4. The van der Waals surface area contributed by atoms with Crippen molar-refractivity contribution in [3.05, 3.63) is 59.4 Å². The molecule has 1 aromatic heterocycles. The molecule has 4 rings (SSSR count). The second kappa shape index (κ2) is 7.26. The Bertz CT molecular complexity index is 1050. The fraction of sp³-hybridized carbons (Fsp3) is 0.318. The molecule has 2 aromatic carbocycles. The number of carbonyl (C=O) groups excluding carboxylic acids is 1. The minimum atomic E-state index is -2.50. The zero-order valence-corrected chi connectivity index (χ0v) is 15.7. The number of rotatable bonds is 5. The first-order valence-corrected chi connectivity index (χ1v) is 9.39. The minimum absolute atomic E-state index is 0.0662. The third-order valence-corrected chi connectivity index (χ3v) is 5.22. The molecule has 1 saturated carbocycles. The van der Waals surface area contributed by atoms with Gasteiger partial charge in [0.15, 0.2) is 0 Å². The highest BCUT2D eigenvalue weighted by Crippen LogP contribution is 2.32. The van der Waals surface area contributed by atoms with Gasteiger partial charge in [0.1, 0.15) is 0 Å². The van der Waals surface area contributed by atoms with Crippen LogP contribution in [-0.4, -0.2) is 28.6 Å². The summed E-state index contributed by atoms with van der Waals surface area (Å²) in [4.78, 5) is 12.4. The van der Waals surface area contributed by atoms with E-state index in [-0.39, 0.29) is 5.91 Å². The molecule has 3 aromatic rings. The van der Waals surface area contributed by atoms with Crippen molar-refractivity contribution in [1.82, 2.24) is 15.5 Å². The van der Waals surface area contributed by atoms with Gasteiger partial charge in [-0.15, -0.1) is 0 Å². The Balaban J connectivity index is 1.74. The van der Waals surface area contributed by atoms with Gasteiger partial charge < -0.3 is 5.32 Å². The number of hydrogen-bond acceptors (Lipinski definition) is 3. The van der Waals surface area contributed by atoms with E-state index in [1.54, 1.807) is 6.20 Å². The van der Waals surface area contributed by atoms with E-state index in [0.717, 1.165) is 34.9 Å². The number of aromatic nitrogens is 2. The summed E-state index contributed by atoms with van der Waals surface area (Å²) in [5.41, 5.74) is 3.80. The van der Waals surface area contributed by atoms with Crippen LogP contribution in [0.15, 0.2) is 42.6 Å². The lowest BCUT2D eigenvalue weighted by molar-refractivity contribution is 0.0951. The van der Waals surface area contributed by atoms with Crippen molar-refractivity contribution in [1.29, 1.82) is 0 Å². The summed E-state index contributed by atoms with van der Waals surface area (Å²) in [5, 5.41) is 12.3. The first kappa shape index (κ1) is 18.5. The number of halogens is 2. The molecule has 4 nitrogen and oxygen atoms in total. The normalized spacial score (nSPS) is 15.0.